The van der Waals surface area contributed by atoms with Crippen molar-refractivity contribution in [2.24, 2.45) is 5.73 Å². The molecule has 0 aliphatic carbocycles. The molecule has 0 saturated carbocycles. The number of hydrogen-bond donors (Lipinski definition) is 3. The van der Waals surface area contributed by atoms with Crippen LogP contribution in [0.3, 0.4) is 0 Å². The van der Waals surface area contributed by atoms with E-state index in [1.165, 1.54) is 0 Å². The van der Waals surface area contributed by atoms with Gasteiger partial charge in [-0.15, -0.1) is 6.58 Å². The lowest BCUT2D eigenvalue weighted by Crippen LogP contribution is -2.40. The molecule has 0 radical (unpaired) electrons. The molecule has 4 N–H and O–H groups in total. The van der Waals surface area contributed by atoms with Gasteiger partial charge in [-0.1, -0.05) is 6.08 Å². The largest absolute Gasteiger partial charge is 0.480 e. The van der Waals surface area contributed by atoms with Crippen LogP contribution in [0.2, 0.25) is 0 Å². The first kappa shape index (κ1) is 14.6. The second kappa shape index (κ2) is 8.91. The number of carbonyl (C=O) groups is 2. The summed E-state index contributed by atoms with van der Waals surface area (Å²) in [7, 11) is 0. The predicted molar refractivity (Wildman–Crippen MR) is 61.9 cm³/mol. The van der Waals surface area contributed by atoms with E-state index >= 15 is 0 Å². The van der Waals surface area contributed by atoms with Crippen molar-refractivity contribution in [3.63, 3.8) is 0 Å². The summed E-state index contributed by atoms with van der Waals surface area (Å²) in [4.78, 5) is 22.1. The summed E-state index contributed by atoms with van der Waals surface area (Å²) < 4.78 is 0. The van der Waals surface area contributed by atoms with Crippen molar-refractivity contribution in [1.29, 1.82) is 0 Å². The smallest absolute Gasteiger partial charge is 0.326 e. The quantitative estimate of drug-likeness (QED) is 0.399. The molecule has 0 heterocycles. The fourth-order valence-electron chi connectivity index (χ4n) is 1.25. The van der Waals surface area contributed by atoms with Crippen molar-refractivity contribution in [3.8, 4) is 0 Å². The maximum Gasteiger partial charge on any atom is 0.326 e. The van der Waals surface area contributed by atoms with E-state index in [4.69, 9.17) is 10.8 Å². The number of carboxylic acid groups (broad SMARTS) is 1. The maximum atomic E-state index is 11.3. The van der Waals surface area contributed by atoms with Crippen LogP contribution in [0.4, 0.5) is 0 Å². The van der Waals surface area contributed by atoms with Crippen LogP contribution in [0, 0.1) is 0 Å². The minimum Gasteiger partial charge on any atom is -0.480 e. The van der Waals surface area contributed by atoms with Gasteiger partial charge in [0.25, 0.3) is 0 Å². The normalized spacial score (nSPS) is 11.8. The van der Waals surface area contributed by atoms with Gasteiger partial charge in [0.15, 0.2) is 0 Å². The molecule has 5 heteroatoms. The molecule has 0 aliphatic rings. The van der Waals surface area contributed by atoms with Gasteiger partial charge in [0, 0.05) is 6.42 Å². The minimum atomic E-state index is -0.996. The first-order chi connectivity index (χ1) is 7.61. The lowest BCUT2D eigenvalue weighted by molar-refractivity contribution is -0.142. The summed E-state index contributed by atoms with van der Waals surface area (Å²) >= 11 is 0. The van der Waals surface area contributed by atoms with Gasteiger partial charge < -0.3 is 16.2 Å². The molecular weight excluding hydrogens is 208 g/mol. The second-order valence-corrected chi connectivity index (χ2v) is 3.57. The van der Waals surface area contributed by atoms with E-state index in [1.807, 2.05) is 0 Å². The molecule has 0 aliphatic heterocycles. The van der Waals surface area contributed by atoms with Crippen molar-refractivity contribution >= 4 is 11.9 Å². The van der Waals surface area contributed by atoms with Crippen LogP contribution in [-0.4, -0.2) is 29.6 Å². The zero-order valence-electron chi connectivity index (χ0n) is 9.45. The molecule has 1 amide bonds. The van der Waals surface area contributed by atoms with Gasteiger partial charge in [-0.25, -0.2) is 4.79 Å². The average Bonchev–Trinajstić information content (AvgIpc) is 2.25. The molecule has 0 aromatic carbocycles. The minimum absolute atomic E-state index is 0.250. The molecule has 0 fully saturated rings. The zero-order valence-corrected chi connectivity index (χ0v) is 9.45. The SMILES string of the molecule is C=CCCC(=O)N[C@@H](CCCCN)C(=O)O. The number of nitrogens with one attached hydrogen (secondary N) is 1. The molecule has 0 spiro atoms. The van der Waals surface area contributed by atoms with Gasteiger partial charge >= 0.3 is 5.97 Å². The lowest BCUT2D eigenvalue weighted by Gasteiger charge is -2.13. The number of allylic oxidation sites excluding steroid dienone is 1. The lowest BCUT2D eigenvalue weighted by atomic mass is 10.1. The predicted octanol–water partition coefficient (Wildman–Crippen LogP) is 0.651. The zero-order chi connectivity index (χ0) is 12.4. The molecule has 16 heavy (non-hydrogen) atoms. The van der Waals surface area contributed by atoms with Crippen molar-refractivity contribution in [1.82, 2.24) is 5.32 Å². The second-order valence-electron chi connectivity index (χ2n) is 3.57. The first-order valence-corrected chi connectivity index (χ1v) is 5.45. The summed E-state index contributed by atoms with van der Waals surface area (Å²) in [5, 5.41) is 11.4. The Hall–Kier alpha value is -1.36. The van der Waals surface area contributed by atoms with Crippen molar-refractivity contribution in [2.75, 3.05) is 6.54 Å². The monoisotopic (exact) mass is 228 g/mol. The van der Waals surface area contributed by atoms with Crippen molar-refractivity contribution < 1.29 is 14.7 Å². The van der Waals surface area contributed by atoms with E-state index in [0.29, 0.717) is 25.8 Å². The van der Waals surface area contributed by atoms with Gasteiger partial charge in [0.2, 0.25) is 5.91 Å². The summed E-state index contributed by atoms with van der Waals surface area (Å²) in [6, 6.07) is -0.802. The number of rotatable bonds is 9. The molecule has 0 aromatic heterocycles. The van der Waals surface area contributed by atoms with Gasteiger partial charge in [-0.2, -0.15) is 0 Å². The van der Waals surface area contributed by atoms with Crippen LogP contribution in [0.25, 0.3) is 0 Å². The van der Waals surface area contributed by atoms with E-state index in [-0.39, 0.29) is 12.3 Å². The summed E-state index contributed by atoms with van der Waals surface area (Å²) in [6.07, 6.45) is 4.36. The van der Waals surface area contributed by atoms with E-state index in [9.17, 15) is 9.59 Å². The van der Waals surface area contributed by atoms with Gasteiger partial charge in [0.05, 0.1) is 0 Å². The summed E-state index contributed by atoms with van der Waals surface area (Å²) in [6.45, 7) is 4.04. The fourth-order valence-corrected chi connectivity index (χ4v) is 1.25. The van der Waals surface area contributed by atoms with E-state index in [0.717, 1.165) is 6.42 Å². The van der Waals surface area contributed by atoms with E-state index in [1.54, 1.807) is 6.08 Å². The topological polar surface area (TPSA) is 92.4 Å². The highest BCUT2D eigenvalue weighted by Gasteiger charge is 2.18. The molecule has 0 rings (SSSR count). The molecule has 92 valence electrons. The Kier molecular flexibility index (Phi) is 8.15. The highest BCUT2D eigenvalue weighted by molar-refractivity contribution is 5.83. The Labute approximate surface area is 95.7 Å². The maximum absolute atomic E-state index is 11.3. The molecule has 0 bridgehead atoms. The Balaban J connectivity index is 3.96. The van der Waals surface area contributed by atoms with Crippen LogP contribution in [0.1, 0.15) is 32.1 Å². The number of hydrogen-bond acceptors (Lipinski definition) is 3. The molecule has 0 saturated heterocycles. The van der Waals surface area contributed by atoms with Gasteiger partial charge in [0.1, 0.15) is 6.04 Å². The first-order valence-electron chi connectivity index (χ1n) is 5.45. The van der Waals surface area contributed by atoms with Crippen LogP contribution >= 0.6 is 0 Å². The molecule has 1 atom stereocenters. The number of nitrogens with two attached hydrogens (primary N) is 1. The molecule has 5 nitrogen and oxygen atoms in total. The number of amides is 1. The van der Waals surface area contributed by atoms with E-state index < -0.39 is 12.0 Å². The Morgan fingerprint density at radius 1 is 1.44 bits per heavy atom. The number of aliphatic carboxylic acids is 1. The van der Waals surface area contributed by atoms with Crippen LogP contribution in [0.15, 0.2) is 12.7 Å². The van der Waals surface area contributed by atoms with Crippen molar-refractivity contribution in [3.05, 3.63) is 12.7 Å². The molecule has 0 aromatic rings. The average molecular weight is 228 g/mol. The number of carbonyl (C=O) groups excluding carboxylic acids is 1. The van der Waals surface area contributed by atoms with Crippen LogP contribution in [0.5, 0.6) is 0 Å². The van der Waals surface area contributed by atoms with Crippen LogP contribution < -0.4 is 11.1 Å². The molecular formula is C11H20N2O3. The van der Waals surface area contributed by atoms with Gasteiger partial charge in [-0.3, -0.25) is 4.79 Å². The molecule has 0 unspecified atom stereocenters. The fraction of sp³-hybridized carbons (Fsp3) is 0.636. The van der Waals surface area contributed by atoms with Gasteiger partial charge in [-0.05, 0) is 32.2 Å². The standard InChI is InChI=1S/C11H20N2O3/c1-2-3-7-10(14)13-9(11(15)16)6-4-5-8-12/h2,9H,1,3-8,12H2,(H,13,14)(H,15,16)/t9-/m0/s1. The third-order valence-corrected chi connectivity index (χ3v) is 2.16. The summed E-state index contributed by atoms with van der Waals surface area (Å²) in [5.41, 5.74) is 5.31. The summed E-state index contributed by atoms with van der Waals surface area (Å²) in [5.74, 6) is -1.25. The number of unbranched alkanes of at least 4 members (excludes halogenated alkanes) is 1. The Bertz CT molecular complexity index is 241. The third-order valence-electron chi connectivity index (χ3n) is 2.16. The van der Waals surface area contributed by atoms with Crippen LogP contribution in [-0.2, 0) is 9.59 Å². The van der Waals surface area contributed by atoms with Crippen molar-refractivity contribution in [2.45, 2.75) is 38.1 Å². The highest BCUT2D eigenvalue weighted by atomic mass is 16.4. The third kappa shape index (κ3) is 7.00. The van der Waals surface area contributed by atoms with E-state index in [2.05, 4.69) is 11.9 Å². The Morgan fingerprint density at radius 2 is 2.12 bits per heavy atom. The highest BCUT2D eigenvalue weighted by Crippen LogP contribution is 2.01. The number of carboxylic acids is 1. The Morgan fingerprint density at radius 3 is 2.62 bits per heavy atom.